The van der Waals surface area contributed by atoms with Crippen LogP contribution in [0.5, 0.6) is 5.75 Å². The molecule has 0 radical (unpaired) electrons. The van der Waals surface area contributed by atoms with Crippen molar-refractivity contribution in [2.75, 3.05) is 0 Å². The molecule has 2 aromatic carbocycles. The van der Waals surface area contributed by atoms with Crippen molar-refractivity contribution in [1.29, 1.82) is 0 Å². The van der Waals surface area contributed by atoms with Gasteiger partial charge in [0.25, 0.3) is 0 Å². The van der Waals surface area contributed by atoms with Crippen LogP contribution in [0.25, 0.3) is 0 Å². The van der Waals surface area contributed by atoms with Crippen LogP contribution in [0.1, 0.15) is 41.5 Å². The van der Waals surface area contributed by atoms with Crippen LogP contribution in [0.3, 0.4) is 0 Å². The number of hydrogen-bond donors (Lipinski definition) is 2. The van der Waals surface area contributed by atoms with E-state index in [-0.39, 0.29) is 0 Å². The Morgan fingerprint density at radius 1 is 1.05 bits per heavy atom. The van der Waals surface area contributed by atoms with Gasteiger partial charge in [-0.2, -0.15) is 0 Å². The Balaban J connectivity index is 1.46. The molecule has 0 spiro atoms. The van der Waals surface area contributed by atoms with Crippen LogP contribution in [-0.2, 0) is 6.42 Å². The van der Waals surface area contributed by atoms with Crippen molar-refractivity contribution in [2.24, 2.45) is 0 Å². The Labute approximate surface area is 119 Å². The van der Waals surface area contributed by atoms with Crippen LogP contribution in [0.4, 0.5) is 0 Å². The first-order valence-corrected chi connectivity index (χ1v) is 7.44. The monoisotopic (exact) mass is 265 g/mol. The summed E-state index contributed by atoms with van der Waals surface area (Å²) in [5.74, 6) is 1.07. The molecule has 3 unspecified atom stereocenters. The third-order valence-electron chi connectivity index (χ3n) is 4.64. The highest BCUT2D eigenvalue weighted by molar-refractivity contribution is 5.40. The van der Waals surface area contributed by atoms with Crippen molar-refractivity contribution < 1.29 is 5.11 Å². The number of phenolic OH excluding ortho intramolecular Hbond substituents is 1. The smallest absolute Gasteiger partial charge is 0.115 e. The maximum atomic E-state index is 9.55. The van der Waals surface area contributed by atoms with Gasteiger partial charge in [-0.3, -0.25) is 0 Å². The zero-order valence-corrected chi connectivity index (χ0v) is 11.4. The molecule has 20 heavy (non-hydrogen) atoms. The van der Waals surface area contributed by atoms with E-state index in [0.29, 0.717) is 23.8 Å². The summed E-state index contributed by atoms with van der Waals surface area (Å²) in [7, 11) is 0. The van der Waals surface area contributed by atoms with Gasteiger partial charge >= 0.3 is 0 Å². The summed E-state index contributed by atoms with van der Waals surface area (Å²) in [5.41, 5.74) is 4.13. The van der Waals surface area contributed by atoms with Gasteiger partial charge in [0.2, 0.25) is 0 Å². The number of benzene rings is 2. The molecule has 102 valence electrons. The van der Waals surface area contributed by atoms with Crippen molar-refractivity contribution in [3.05, 3.63) is 65.2 Å². The largest absolute Gasteiger partial charge is 0.508 e. The van der Waals surface area contributed by atoms with E-state index in [1.54, 1.807) is 6.07 Å². The summed E-state index contributed by atoms with van der Waals surface area (Å²) < 4.78 is 0. The average Bonchev–Trinajstić information content (AvgIpc) is 3.13. The first-order valence-electron chi connectivity index (χ1n) is 7.44. The van der Waals surface area contributed by atoms with Gasteiger partial charge in [0, 0.05) is 18.0 Å². The molecule has 2 aliphatic rings. The highest BCUT2D eigenvalue weighted by Crippen LogP contribution is 2.44. The number of hydrogen-bond acceptors (Lipinski definition) is 2. The molecular weight excluding hydrogens is 246 g/mol. The number of fused-ring (bicyclic) bond motifs is 1. The van der Waals surface area contributed by atoms with Gasteiger partial charge < -0.3 is 10.4 Å². The van der Waals surface area contributed by atoms with Crippen molar-refractivity contribution >= 4 is 0 Å². The number of nitrogens with one attached hydrogen (secondary N) is 1. The molecule has 0 saturated heterocycles. The lowest BCUT2D eigenvalue weighted by molar-refractivity contribution is 0.474. The molecule has 0 bridgehead atoms. The van der Waals surface area contributed by atoms with Crippen molar-refractivity contribution in [3.63, 3.8) is 0 Å². The van der Waals surface area contributed by atoms with Crippen LogP contribution in [0.2, 0.25) is 0 Å². The normalized spacial score (nSPS) is 27.3. The second-order valence-electron chi connectivity index (χ2n) is 6.00. The summed E-state index contributed by atoms with van der Waals surface area (Å²) in [6, 6.07) is 17.7. The van der Waals surface area contributed by atoms with Gasteiger partial charge in [0.1, 0.15) is 5.75 Å². The second kappa shape index (κ2) is 4.64. The minimum Gasteiger partial charge on any atom is -0.508 e. The van der Waals surface area contributed by atoms with Crippen molar-refractivity contribution in [2.45, 2.75) is 37.3 Å². The van der Waals surface area contributed by atoms with Gasteiger partial charge in [-0.25, -0.2) is 0 Å². The predicted octanol–water partition coefficient (Wildman–Crippen LogP) is 3.53. The van der Waals surface area contributed by atoms with E-state index < -0.39 is 0 Å². The maximum absolute atomic E-state index is 9.55. The van der Waals surface area contributed by atoms with Crippen LogP contribution in [0, 0.1) is 0 Å². The van der Waals surface area contributed by atoms with Gasteiger partial charge in [-0.1, -0.05) is 36.4 Å². The van der Waals surface area contributed by atoms with Gasteiger partial charge in [-0.05, 0) is 48.1 Å². The Bertz CT molecular complexity index is 623. The molecule has 2 N–H and O–H groups in total. The summed E-state index contributed by atoms with van der Waals surface area (Å²) in [4.78, 5) is 0. The highest BCUT2D eigenvalue weighted by atomic mass is 16.3. The molecule has 2 nitrogen and oxygen atoms in total. The minimum absolute atomic E-state index is 0.387. The Hall–Kier alpha value is -1.80. The number of aryl methyl sites for hydroxylation is 1. The molecule has 1 fully saturated rings. The first kappa shape index (κ1) is 12.0. The molecule has 2 aromatic rings. The Morgan fingerprint density at radius 2 is 1.90 bits per heavy atom. The average molecular weight is 265 g/mol. The van der Waals surface area contributed by atoms with Crippen LogP contribution >= 0.6 is 0 Å². The maximum Gasteiger partial charge on any atom is 0.115 e. The predicted molar refractivity (Wildman–Crippen MR) is 79.9 cm³/mol. The Morgan fingerprint density at radius 3 is 2.75 bits per heavy atom. The number of rotatable bonds is 3. The second-order valence-corrected chi connectivity index (χ2v) is 6.00. The molecule has 4 rings (SSSR count). The zero-order chi connectivity index (χ0) is 13.5. The molecular formula is C18H19NO. The fourth-order valence-corrected chi connectivity index (χ4v) is 3.48. The fourth-order valence-electron chi connectivity index (χ4n) is 3.48. The van der Waals surface area contributed by atoms with E-state index in [4.69, 9.17) is 0 Å². The van der Waals surface area contributed by atoms with Crippen molar-refractivity contribution in [1.82, 2.24) is 5.32 Å². The Kier molecular flexibility index (Phi) is 2.78. The van der Waals surface area contributed by atoms with Gasteiger partial charge in [-0.15, -0.1) is 0 Å². The van der Waals surface area contributed by atoms with Crippen molar-refractivity contribution in [3.8, 4) is 5.75 Å². The molecule has 1 saturated carbocycles. The van der Waals surface area contributed by atoms with E-state index in [1.807, 2.05) is 6.07 Å². The van der Waals surface area contributed by atoms with Crippen LogP contribution in [0.15, 0.2) is 48.5 Å². The number of phenols is 1. The van der Waals surface area contributed by atoms with E-state index in [9.17, 15) is 5.11 Å². The van der Waals surface area contributed by atoms with Gasteiger partial charge in [0.15, 0.2) is 0 Å². The summed E-state index contributed by atoms with van der Waals surface area (Å²) in [5, 5.41) is 13.3. The SMILES string of the molecule is Oc1ccc2c(c1)CCC2NC1CC1c1ccccc1. The van der Waals surface area contributed by atoms with E-state index >= 15 is 0 Å². The third kappa shape index (κ3) is 2.10. The van der Waals surface area contributed by atoms with Crippen LogP contribution < -0.4 is 5.32 Å². The molecule has 2 heteroatoms. The fraction of sp³-hybridized carbons (Fsp3) is 0.333. The van der Waals surface area contributed by atoms with E-state index in [2.05, 4.69) is 41.7 Å². The summed E-state index contributed by atoms with van der Waals surface area (Å²) >= 11 is 0. The molecule has 0 amide bonds. The molecule has 0 heterocycles. The first-order chi connectivity index (χ1) is 9.81. The summed E-state index contributed by atoms with van der Waals surface area (Å²) in [6.07, 6.45) is 3.47. The molecule has 0 aromatic heterocycles. The standard InChI is InChI=1S/C18H19NO/c20-14-7-8-15-13(10-14)6-9-17(15)19-18-11-16(18)12-4-2-1-3-5-12/h1-5,7-8,10,16-20H,6,9,11H2. The lowest BCUT2D eigenvalue weighted by Gasteiger charge is -2.14. The lowest BCUT2D eigenvalue weighted by Crippen LogP contribution is -2.22. The van der Waals surface area contributed by atoms with E-state index in [0.717, 1.165) is 12.8 Å². The summed E-state index contributed by atoms with van der Waals surface area (Å²) in [6.45, 7) is 0. The number of aromatic hydroxyl groups is 1. The zero-order valence-electron chi connectivity index (χ0n) is 11.4. The molecule has 3 atom stereocenters. The van der Waals surface area contributed by atoms with Crippen LogP contribution in [-0.4, -0.2) is 11.1 Å². The lowest BCUT2D eigenvalue weighted by atomic mass is 10.1. The molecule has 0 aliphatic heterocycles. The highest BCUT2D eigenvalue weighted by Gasteiger charge is 2.40. The third-order valence-corrected chi connectivity index (χ3v) is 4.64. The van der Waals surface area contributed by atoms with E-state index in [1.165, 1.54) is 23.1 Å². The molecule has 2 aliphatic carbocycles. The minimum atomic E-state index is 0.387. The topological polar surface area (TPSA) is 32.3 Å². The van der Waals surface area contributed by atoms with Gasteiger partial charge in [0.05, 0.1) is 0 Å². The quantitative estimate of drug-likeness (QED) is 0.890.